The Morgan fingerprint density at radius 2 is 2.10 bits per heavy atom. The molecule has 2 rings (SSSR count). The van der Waals surface area contributed by atoms with Crippen molar-refractivity contribution in [2.24, 2.45) is 0 Å². The molecule has 0 aromatic heterocycles. The van der Waals surface area contributed by atoms with Crippen molar-refractivity contribution in [3.05, 3.63) is 29.6 Å². The topological polar surface area (TPSA) is 73.2 Å². The number of nitriles is 1. The third-order valence-electron chi connectivity index (χ3n) is 3.46. The SMILES string of the molecule is CC(CN1CCCC1)NS(=O)(=O)c1cccc(F)c1C#N. The molecule has 1 unspecified atom stereocenters. The molecule has 0 radical (unpaired) electrons. The Balaban J connectivity index is 2.15. The standard InChI is InChI=1S/C14H18FN3O2S/c1-11(10-18-7-2-3-8-18)17-21(19,20)14-6-4-5-13(15)12(14)9-16/h4-6,11,17H,2-3,7-8,10H2,1H3. The predicted octanol–water partition coefficient (Wildman–Crippen LogP) is 1.46. The van der Waals surface area contributed by atoms with E-state index >= 15 is 0 Å². The molecule has 1 aliphatic rings. The molecule has 21 heavy (non-hydrogen) atoms. The average Bonchev–Trinajstić information content (AvgIpc) is 2.90. The van der Waals surface area contributed by atoms with E-state index in [1.807, 2.05) is 0 Å². The number of hydrogen-bond donors (Lipinski definition) is 1. The van der Waals surface area contributed by atoms with Crippen molar-refractivity contribution in [3.8, 4) is 6.07 Å². The van der Waals surface area contributed by atoms with Crippen molar-refractivity contribution < 1.29 is 12.8 Å². The molecule has 0 spiro atoms. The first-order valence-corrected chi connectivity index (χ1v) is 8.35. The molecule has 0 aliphatic carbocycles. The average molecular weight is 311 g/mol. The smallest absolute Gasteiger partial charge is 0.242 e. The lowest BCUT2D eigenvalue weighted by atomic mass is 10.2. The van der Waals surface area contributed by atoms with Gasteiger partial charge in [0, 0.05) is 12.6 Å². The summed E-state index contributed by atoms with van der Waals surface area (Å²) in [6.07, 6.45) is 2.25. The molecule has 114 valence electrons. The summed E-state index contributed by atoms with van der Waals surface area (Å²) in [6, 6.07) is 4.91. The van der Waals surface area contributed by atoms with Gasteiger partial charge >= 0.3 is 0 Å². The van der Waals surface area contributed by atoms with Gasteiger partial charge in [0.05, 0.1) is 0 Å². The highest BCUT2D eigenvalue weighted by Crippen LogP contribution is 2.18. The first-order valence-electron chi connectivity index (χ1n) is 6.87. The van der Waals surface area contributed by atoms with Crippen LogP contribution in [0.25, 0.3) is 0 Å². The Kier molecular flexibility index (Phi) is 4.93. The highest BCUT2D eigenvalue weighted by Gasteiger charge is 2.24. The summed E-state index contributed by atoms with van der Waals surface area (Å²) < 4.78 is 40.6. The molecule has 0 saturated carbocycles. The summed E-state index contributed by atoms with van der Waals surface area (Å²) in [4.78, 5) is 1.88. The third kappa shape index (κ3) is 3.79. The van der Waals surface area contributed by atoms with Gasteiger partial charge in [-0.1, -0.05) is 6.07 Å². The normalized spacial score (nSPS) is 17.6. The van der Waals surface area contributed by atoms with E-state index in [4.69, 9.17) is 5.26 Å². The lowest BCUT2D eigenvalue weighted by molar-refractivity contribution is 0.312. The van der Waals surface area contributed by atoms with Crippen molar-refractivity contribution in [2.45, 2.75) is 30.7 Å². The van der Waals surface area contributed by atoms with E-state index in [1.165, 1.54) is 12.1 Å². The van der Waals surface area contributed by atoms with Crippen LogP contribution in [0.5, 0.6) is 0 Å². The fraction of sp³-hybridized carbons (Fsp3) is 0.500. The molecule has 0 bridgehead atoms. The molecule has 0 amide bonds. The van der Waals surface area contributed by atoms with Crippen molar-refractivity contribution >= 4 is 10.0 Å². The predicted molar refractivity (Wildman–Crippen MR) is 76.6 cm³/mol. The fourth-order valence-corrected chi connectivity index (χ4v) is 3.96. The van der Waals surface area contributed by atoms with Crippen LogP contribution in [0.1, 0.15) is 25.3 Å². The van der Waals surface area contributed by atoms with Gasteiger partial charge in [-0.15, -0.1) is 0 Å². The number of sulfonamides is 1. The zero-order valence-electron chi connectivity index (χ0n) is 11.8. The van der Waals surface area contributed by atoms with Crippen LogP contribution in [0.3, 0.4) is 0 Å². The number of halogens is 1. The largest absolute Gasteiger partial charge is 0.302 e. The Bertz CT molecular complexity index is 649. The van der Waals surface area contributed by atoms with Gasteiger partial charge in [-0.2, -0.15) is 5.26 Å². The van der Waals surface area contributed by atoms with Gasteiger partial charge in [-0.25, -0.2) is 17.5 Å². The Labute approximate surface area is 124 Å². The second-order valence-electron chi connectivity index (χ2n) is 5.25. The summed E-state index contributed by atoms with van der Waals surface area (Å²) in [5.74, 6) is -0.826. The molecular formula is C14H18FN3O2S. The number of nitrogens with zero attached hydrogens (tertiary/aromatic N) is 2. The molecule has 1 aromatic rings. The third-order valence-corrected chi connectivity index (χ3v) is 5.10. The molecule has 1 heterocycles. The van der Waals surface area contributed by atoms with Crippen molar-refractivity contribution in [1.29, 1.82) is 5.26 Å². The van der Waals surface area contributed by atoms with Gasteiger partial charge in [0.1, 0.15) is 22.3 Å². The molecular weight excluding hydrogens is 293 g/mol. The number of hydrogen-bond acceptors (Lipinski definition) is 4. The van der Waals surface area contributed by atoms with Gasteiger partial charge in [0.2, 0.25) is 10.0 Å². The molecule has 1 aromatic carbocycles. The molecule has 1 atom stereocenters. The lowest BCUT2D eigenvalue weighted by Gasteiger charge is -2.21. The van der Waals surface area contributed by atoms with Gasteiger partial charge < -0.3 is 4.90 Å². The summed E-state index contributed by atoms with van der Waals surface area (Å²) in [6.45, 7) is 4.31. The van der Waals surface area contributed by atoms with E-state index in [-0.39, 0.29) is 10.9 Å². The fourth-order valence-electron chi connectivity index (χ4n) is 2.55. The van der Waals surface area contributed by atoms with E-state index in [9.17, 15) is 12.8 Å². The number of rotatable bonds is 5. The minimum Gasteiger partial charge on any atom is -0.302 e. The van der Waals surface area contributed by atoms with E-state index in [1.54, 1.807) is 13.0 Å². The molecule has 1 fully saturated rings. The summed E-state index contributed by atoms with van der Waals surface area (Å²) >= 11 is 0. The minimum absolute atomic E-state index is 0.303. The van der Waals surface area contributed by atoms with Gasteiger partial charge in [-0.05, 0) is 45.0 Å². The highest BCUT2D eigenvalue weighted by atomic mass is 32.2. The Hall–Kier alpha value is -1.49. The van der Waals surface area contributed by atoms with Crippen molar-refractivity contribution in [3.63, 3.8) is 0 Å². The maximum absolute atomic E-state index is 13.5. The molecule has 1 N–H and O–H groups in total. The van der Waals surface area contributed by atoms with Crippen LogP contribution in [0, 0.1) is 17.1 Å². The first kappa shape index (κ1) is 15.9. The van der Waals surface area contributed by atoms with Crippen LogP contribution >= 0.6 is 0 Å². The molecule has 5 nitrogen and oxygen atoms in total. The molecule has 7 heteroatoms. The number of likely N-dealkylation sites (tertiary alicyclic amines) is 1. The first-order chi connectivity index (χ1) is 9.94. The molecule has 1 saturated heterocycles. The Morgan fingerprint density at radius 1 is 1.43 bits per heavy atom. The van der Waals surface area contributed by atoms with E-state index in [2.05, 4.69) is 9.62 Å². The minimum atomic E-state index is -3.91. The number of nitrogens with one attached hydrogen (secondary N) is 1. The summed E-state index contributed by atoms with van der Waals surface area (Å²) in [7, 11) is -3.91. The lowest BCUT2D eigenvalue weighted by Crippen LogP contribution is -2.41. The maximum Gasteiger partial charge on any atom is 0.242 e. The zero-order valence-corrected chi connectivity index (χ0v) is 12.7. The maximum atomic E-state index is 13.5. The van der Waals surface area contributed by atoms with Gasteiger partial charge in [-0.3, -0.25) is 0 Å². The van der Waals surface area contributed by atoms with E-state index in [0.717, 1.165) is 32.0 Å². The van der Waals surface area contributed by atoms with Crippen LogP contribution in [0.2, 0.25) is 0 Å². The quantitative estimate of drug-likeness (QED) is 0.893. The van der Waals surface area contributed by atoms with Gasteiger partial charge in [0.25, 0.3) is 0 Å². The zero-order chi connectivity index (χ0) is 15.5. The summed E-state index contributed by atoms with van der Waals surface area (Å²) in [5, 5.41) is 8.94. The van der Waals surface area contributed by atoms with E-state index < -0.39 is 21.4 Å². The van der Waals surface area contributed by atoms with Crippen LogP contribution in [-0.2, 0) is 10.0 Å². The second-order valence-corrected chi connectivity index (χ2v) is 6.94. The Morgan fingerprint density at radius 3 is 2.71 bits per heavy atom. The highest BCUT2D eigenvalue weighted by molar-refractivity contribution is 7.89. The van der Waals surface area contributed by atoms with Crippen LogP contribution in [0.4, 0.5) is 4.39 Å². The number of benzene rings is 1. The van der Waals surface area contributed by atoms with Crippen LogP contribution < -0.4 is 4.72 Å². The molecule has 1 aliphatic heterocycles. The van der Waals surface area contributed by atoms with Crippen LogP contribution in [0.15, 0.2) is 23.1 Å². The van der Waals surface area contributed by atoms with Gasteiger partial charge in [0.15, 0.2) is 0 Å². The van der Waals surface area contributed by atoms with E-state index in [0.29, 0.717) is 6.54 Å². The van der Waals surface area contributed by atoms with Crippen molar-refractivity contribution in [2.75, 3.05) is 19.6 Å². The van der Waals surface area contributed by atoms with Crippen molar-refractivity contribution in [1.82, 2.24) is 9.62 Å². The summed E-state index contributed by atoms with van der Waals surface area (Å²) in [5.41, 5.74) is -0.446. The van der Waals surface area contributed by atoms with Crippen LogP contribution in [-0.4, -0.2) is 39.0 Å². The monoisotopic (exact) mass is 311 g/mol. The second kappa shape index (κ2) is 6.52.